The van der Waals surface area contributed by atoms with Crippen molar-refractivity contribution in [2.45, 2.75) is 18.9 Å². The monoisotopic (exact) mass is 261 g/mol. The Kier molecular flexibility index (Phi) is 4.46. The molecule has 2 aromatic heterocycles. The van der Waals surface area contributed by atoms with Gasteiger partial charge in [-0.2, -0.15) is 0 Å². The molecule has 6 heteroatoms. The number of aromatic nitrogens is 4. The van der Waals surface area contributed by atoms with Gasteiger partial charge in [-0.3, -0.25) is 0 Å². The second kappa shape index (κ2) is 6.29. The molecule has 1 unspecified atom stereocenters. The van der Waals surface area contributed by atoms with Crippen molar-refractivity contribution in [2.75, 3.05) is 14.2 Å². The summed E-state index contributed by atoms with van der Waals surface area (Å²) in [4.78, 5) is 12.6. The minimum absolute atomic E-state index is 0.161. The number of hydrogen-bond donors (Lipinski definition) is 1. The van der Waals surface area contributed by atoms with Gasteiger partial charge in [-0.05, 0) is 13.5 Å². The molecular weight excluding hydrogens is 242 g/mol. The van der Waals surface area contributed by atoms with E-state index >= 15 is 0 Å². The third-order valence-corrected chi connectivity index (χ3v) is 3.16. The zero-order valence-corrected chi connectivity index (χ0v) is 11.5. The van der Waals surface area contributed by atoms with Crippen molar-refractivity contribution in [2.24, 2.45) is 7.05 Å². The molecule has 0 bridgehead atoms. The quantitative estimate of drug-likeness (QED) is 0.844. The van der Waals surface area contributed by atoms with Crippen LogP contribution >= 0.6 is 0 Å². The van der Waals surface area contributed by atoms with Crippen LogP contribution < -0.4 is 10.1 Å². The maximum Gasteiger partial charge on any atom is 0.216 e. The third kappa shape index (κ3) is 3.29. The summed E-state index contributed by atoms with van der Waals surface area (Å²) in [6.07, 6.45) is 7.11. The zero-order valence-electron chi connectivity index (χ0n) is 11.5. The average Bonchev–Trinajstić information content (AvgIpc) is 2.85. The van der Waals surface area contributed by atoms with Gasteiger partial charge in [0.1, 0.15) is 12.2 Å². The number of hydrogen-bond acceptors (Lipinski definition) is 5. The van der Waals surface area contributed by atoms with Crippen molar-refractivity contribution >= 4 is 0 Å². The number of imidazole rings is 1. The third-order valence-electron chi connectivity index (χ3n) is 3.16. The maximum atomic E-state index is 5.12. The Morgan fingerprint density at radius 2 is 2.21 bits per heavy atom. The summed E-state index contributed by atoms with van der Waals surface area (Å²) >= 11 is 0. The highest BCUT2D eigenvalue weighted by Crippen LogP contribution is 2.18. The van der Waals surface area contributed by atoms with Crippen molar-refractivity contribution in [3.8, 4) is 5.88 Å². The Hall–Kier alpha value is -1.95. The topological polar surface area (TPSA) is 64.9 Å². The summed E-state index contributed by atoms with van der Waals surface area (Å²) in [5.41, 5.74) is 0.934. The van der Waals surface area contributed by atoms with Gasteiger partial charge in [0.05, 0.1) is 12.8 Å². The number of methoxy groups -OCH3 is 1. The lowest BCUT2D eigenvalue weighted by atomic mass is 10.1. The van der Waals surface area contributed by atoms with Crippen LogP contribution in [0.15, 0.2) is 24.8 Å². The number of rotatable bonds is 6. The van der Waals surface area contributed by atoms with Crippen LogP contribution in [-0.2, 0) is 13.5 Å². The first-order valence-electron chi connectivity index (χ1n) is 6.24. The lowest BCUT2D eigenvalue weighted by molar-refractivity contribution is 0.393. The van der Waals surface area contributed by atoms with Crippen molar-refractivity contribution < 1.29 is 4.74 Å². The molecule has 2 rings (SSSR count). The molecule has 0 aliphatic carbocycles. The van der Waals surface area contributed by atoms with Gasteiger partial charge in [-0.25, -0.2) is 15.0 Å². The average molecular weight is 261 g/mol. The summed E-state index contributed by atoms with van der Waals surface area (Å²) in [6, 6.07) is 2.02. The van der Waals surface area contributed by atoms with Crippen LogP contribution in [0.4, 0.5) is 0 Å². The van der Waals surface area contributed by atoms with Gasteiger partial charge < -0.3 is 14.6 Å². The lowest BCUT2D eigenvalue weighted by Crippen LogP contribution is -2.19. The van der Waals surface area contributed by atoms with Crippen LogP contribution in [0.25, 0.3) is 0 Å². The molecule has 0 saturated heterocycles. The molecule has 102 valence electrons. The largest absolute Gasteiger partial charge is 0.481 e. The van der Waals surface area contributed by atoms with Gasteiger partial charge >= 0.3 is 0 Å². The Morgan fingerprint density at radius 1 is 1.37 bits per heavy atom. The second-order valence-corrected chi connectivity index (χ2v) is 4.32. The molecule has 2 heterocycles. The second-order valence-electron chi connectivity index (χ2n) is 4.32. The van der Waals surface area contributed by atoms with E-state index in [0.29, 0.717) is 5.88 Å². The van der Waals surface area contributed by atoms with Crippen LogP contribution in [0, 0.1) is 0 Å². The Bertz CT molecular complexity index is 525. The van der Waals surface area contributed by atoms with E-state index in [0.717, 1.165) is 24.4 Å². The minimum Gasteiger partial charge on any atom is -0.481 e. The molecule has 0 saturated carbocycles. The molecular formula is C13H19N5O. The Morgan fingerprint density at radius 3 is 2.84 bits per heavy atom. The summed E-state index contributed by atoms with van der Waals surface area (Å²) in [5.74, 6) is 1.66. The normalized spacial score (nSPS) is 12.4. The van der Waals surface area contributed by atoms with Crippen molar-refractivity contribution in [3.05, 3.63) is 36.3 Å². The van der Waals surface area contributed by atoms with E-state index in [4.69, 9.17) is 4.74 Å². The molecule has 0 spiro atoms. The zero-order chi connectivity index (χ0) is 13.7. The van der Waals surface area contributed by atoms with Gasteiger partial charge in [-0.15, -0.1) is 0 Å². The number of nitrogens with zero attached hydrogens (tertiary/aromatic N) is 4. The number of nitrogens with one attached hydrogen (secondary N) is 1. The van der Waals surface area contributed by atoms with E-state index in [1.165, 1.54) is 6.33 Å². The number of aryl methyl sites for hydroxylation is 2. The van der Waals surface area contributed by atoms with Gasteiger partial charge in [0.25, 0.3) is 0 Å². The summed E-state index contributed by atoms with van der Waals surface area (Å²) < 4.78 is 7.16. The Labute approximate surface area is 112 Å². The highest BCUT2D eigenvalue weighted by atomic mass is 16.5. The molecule has 0 aromatic carbocycles. The molecule has 0 aliphatic rings. The van der Waals surface area contributed by atoms with E-state index in [2.05, 4.69) is 20.3 Å². The highest BCUT2D eigenvalue weighted by molar-refractivity contribution is 5.16. The fraction of sp³-hybridized carbons (Fsp3) is 0.462. The first-order chi connectivity index (χ1) is 9.24. The summed E-state index contributed by atoms with van der Waals surface area (Å²) in [5, 5.41) is 3.27. The van der Waals surface area contributed by atoms with E-state index in [1.54, 1.807) is 7.11 Å². The maximum absolute atomic E-state index is 5.12. The van der Waals surface area contributed by atoms with Gasteiger partial charge in [-0.1, -0.05) is 0 Å². The van der Waals surface area contributed by atoms with E-state index in [9.17, 15) is 0 Å². The molecule has 0 aliphatic heterocycles. The van der Waals surface area contributed by atoms with Gasteiger partial charge in [0, 0.05) is 38.0 Å². The molecule has 1 N–H and O–H groups in total. The summed E-state index contributed by atoms with van der Waals surface area (Å²) in [7, 11) is 5.54. The molecule has 1 atom stereocenters. The fourth-order valence-corrected chi connectivity index (χ4v) is 2.01. The van der Waals surface area contributed by atoms with E-state index < -0.39 is 0 Å². The SMILES string of the molecule is CNC(CCc1nccn1C)c1cc(OC)ncn1. The van der Waals surface area contributed by atoms with Gasteiger partial charge in [0.2, 0.25) is 5.88 Å². The predicted octanol–water partition coefficient (Wildman–Crippen LogP) is 1.11. The van der Waals surface area contributed by atoms with Crippen LogP contribution in [0.2, 0.25) is 0 Å². The predicted molar refractivity (Wildman–Crippen MR) is 71.9 cm³/mol. The fourth-order valence-electron chi connectivity index (χ4n) is 2.01. The van der Waals surface area contributed by atoms with Crippen LogP contribution in [0.1, 0.15) is 24.0 Å². The number of ether oxygens (including phenoxy) is 1. The summed E-state index contributed by atoms with van der Waals surface area (Å²) in [6.45, 7) is 0. The smallest absolute Gasteiger partial charge is 0.216 e. The van der Waals surface area contributed by atoms with Gasteiger partial charge in [0.15, 0.2) is 0 Å². The minimum atomic E-state index is 0.161. The van der Waals surface area contributed by atoms with E-state index in [-0.39, 0.29) is 6.04 Å². The van der Waals surface area contributed by atoms with Crippen molar-refractivity contribution in [1.82, 2.24) is 24.8 Å². The molecule has 6 nitrogen and oxygen atoms in total. The molecule has 0 amide bonds. The van der Waals surface area contributed by atoms with Crippen LogP contribution in [0.5, 0.6) is 5.88 Å². The lowest BCUT2D eigenvalue weighted by Gasteiger charge is -2.15. The van der Waals surface area contributed by atoms with E-state index in [1.807, 2.05) is 37.1 Å². The van der Waals surface area contributed by atoms with Crippen LogP contribution in [0.3, 0.4) is 0 Å². The standard InChI is InChI=1S/C13H19N5O/c1-14-10(4-5-12-15-6-7-18(12)2)11-8-13(19-3)17-9-16-11/h6-10,14H,4-5H2,1-3H3. The molecule has 0 fully saturated rings. The van der Waals surface area contributed by atoms with Crippen LogP contribution in [-0.4, -0.2) is 33.7 Å². The van der Waals surface area contributed by atoms with Crippen molar-refractivity contribution in [3.63, 3.8) is 0 Å². The molecule has 2 aromatic rings. The van der Waals surface area contributed by atoms with Crippen molar-refractivity contribution in [1.29, 1.82) is 0 Å². The highest BCUT2D eigenvalue weighted by Gasteiger charge is 2.13. The Balaban J connectivity index is 2.05. The first kappa shape index (κ1) is 13.5. The molecule has 0 radical (unpaired) electrons. The first-order valence-corrected chi connectivity index (χ1v) is 6.24. The molecule has 19 heavy (non-hydrogen) atoms.